The Bertz CT molecular complexity index is 723. The standard InChI is InChI=1S/C21H28F3N3O2/c22-21(23,24)17-5-1-4-16(14-17)15-25-10-9-18-7-8-20(29)27(18)13-3-12-26-11-2-6-19(26)28/h1,4-5,14,18,25H,2-3,6-13,15H2/t18-/m1/s1. The van der Waals surface area contributed by atoms with Crippen LogP contribution in [0.25, 0.3) is 0 Å². The maximum Gasteiger partial charge on any atom is 0.416 e. The zero-order valence-corrected chi connectivity index (χ0v) is 16.5. The average Bonchev–Trinajstić information content (AvgIpc) is 3.24. The third-order valence-corrected chi connectivity index (χ3v) is 5.69. The molecule has 1 aromatic carbocycles. The van der Waals surface area contributed by atoms with Gasteiger partial charge in [-0.3, -0.25) is 9.59 Å². The van der Waals surface area contributed by atoms with E-state index < -0.39 is 11.7 Å². The Morgan fingerprint density at radius 1 is 1.10 bits per heavy atom. The summed E-state index contributed by atoms with van der Waals surface area (Å²) in [4.78, 5) is 27.6. The van der Waals surface area contributed by atoms with Gasteiger partial charge in [0, 0.05) is 45.1 Å². The molecule has 0 unspecified atom stereocenters. The molecule has 2 saturated heterocycles. The fourth-order valence-corrected chi connectivity index (χ4v) is 4.13. The number of hydrogen-bond donors (Lipinski definition) is 1. The van der Waals surface area contributed by atoms with Gasteiger partial charge in [-0.15, -0.1) is 0 Å². The molecule has 0 spiro atoms. The van der Waals surface area contributed by atoms with Gasteiger partial charge in [-0.1, -0.05) is 18.2 Å². The van der Waals surface area contributed by atoms with Gasteiger partial charge in [0.1, 0.15) is 0 Å². The van der Waals surface area contributed by atoms with Crippen molar-refractivity contribution in [3.8, 4) is 0 Å². The molecule has 0 aliphatic carbocycles. The fourth-order valence-electron chi connectivity index (χ4n) is 4.13. The molecule has 2 heterocycles. The lowest BCUT2D eigenvalue weighted by Crippen LogP contribution is -2.37. The normalized spacial score (nSPS) is 20.2. The molecule has 1 atom stereocenters. The third kappa shape index (κ3) is 5.95. The van der Waals surface area contributed by atoms with Crippen LogP contribution in [0.1, 0.15) is 49.7 Å². The first-order valence-electron chi connectivity index (χ1n) is 10.3. The molecule has 1 aromatic rings. The summed E-state index contributed by atoms with van der Waals surface area (Å²) in [6.45, 7) is 3.16. The summed E-state index contributed by atoms with van der Waals surface area (Å²) in [5.74, 6) is 0.355. The van der Waals surface area contributed by atoms with Crippen molar-refractivity contribution in [1.82, 2.24) is 15.1 Å². The second kappa shape index (κ2) is 9.61. The smallest absolute Gasteiger partial charge is 0.343 e. The maximum absolute atomic E-state index is 12.8. The van der Waals surface area contributed by atoms with E-state index in [1.807, 2.05) is 9.80 Å². The van der Waals surface area contributed by atoms with Crippen LogP contribution < -0.4 is 5.32 Å². The molecule has 160 valence electrons. The fraction of sp³-hybridized carbons (Fsp3) is 0.619. The molecule has 2 aliphatic heterocycles. The van der Waals surface area contributed by atoms with E-state index in [4.69, 9.17) is 0 Å². The molecular weight excluding hydrogens is 383 g/mol. The van der Waals surface area contributed by atoms with E-state index in [-0.39, 0.29) is 17.9 Å². The molecule has 0 aromatic heterocycles. The number of rotatable bonds is 9. The van der Waals surface area contributed by atoms with Gasteiger partial charge in [-0.2, -0.15) is 13.2 Å². The highest BCUT2D eigenvalue weighted by atomic mass is 19.4. The lowest BCUT2D eigenvalue weighted by molar-refractivity contribution is -0.137. The van der Waals surface area contributed by atoms with Crippen molar-refractivity contribution in [3.05, 3.63) is 35.4 Å². The van der Waals surface area contributed by atoms with E-state index in [0.29, 0.717) is 44.6 Å². The minimum atomic E-state index is -4.33. The lowest BCUT2D eigenvalue weighted by Gasteiger charge is -2.26. The summed E-state index contributed by atoms with van der Waals surface area (Å²) in [6.07, 6.45) is 0.123. The molecule has 5 nitrogen and oxygen atoms in total. The van der Waals surface area contributed by atoms with Gasteiger partial charge in [-0.25, -0.2) is 0 Å². The van der Waals surface area contributed by atoms with Crippen LogP contribution in [0.3, 0.4) is 0 Å². The van der Waals surface area contributed by atoms with Crippen LogP contribution in [0.5, 0.6) is 0 Å². The molecular formula is C21H28F3N3O2. The summed E-state index contributed by atoms with van der Waals surface area (Å²) < 4.78 is 38.3. The minimum absolute atomic E-state index is 0.153. The SMILES string of the molecule is O=C1CCCN1CCCN1C(=O)CC[C@@H]1CCNCc1cccc(C(F)(F)F)c1. The quantitative estimate of drug-likeness (QED) is 0.635. The number of nitrogens with zero attached hydrogens (tertiary/aromatic N) is 2. The molecule has 2 fully saturated rings. The number of amides is 2. The number of alkyl halides is 3. The number of nitrogens with one attached hydrogen (secondary N) is 1. The zero-order chi connectivity index (χ0) is 20.9. The Balaban J connectivity index is 1.40. The van der Waals surface area contributed by atoms with Gasteiger partial charge in [0.05, 0.1) is 5.56 Å². The zero-order valence-electron chi connectivity index (χ0n) is 16.5. The van der Waals surface area contributed by atoms with Crippen LogP contribution in [-0.2, 0) is 22.3 Å². The van der Waals surface area contributed by atoms with E-state index in [0.717, 1.165) is 44.4 Å². The monoisotopic (exact) mass is 411 g/mol. The van der Waals surface area contributed by atoms with E-state index in [1.165, 1.54) is 6.07 Å². The van der Waals surface area contributed by atoms with E-state index >= 15 is 0 Å². The Hall–Kier alpha value is -2.09. The molecule has 0 bridgehead atoms. The molecule has 0 saturated carbocycles. The molecule has 8 heteroatoms. The second-order valence-electron chi connectivity index (χ2n) is 7.78. The lowest BCUT2D eigenvalue weighted by atomic mass is 10.1. The highest BCUT2D eigenvalue weighted by Gasteiger charge is 2.31. The Labute approximate surface area is 169 Å². The Kier molecular flexibility index (Phi) is 7.16. The Morgan fingerprint density at radius 3 is 2.66 bits per heavy atom. The van der Waals surface area contributed by atoms with Gasteiger partial charge in [0.15, 0.2) is 0 Å². The van der Waals surface area contributed by atoms with E-state index in [2.05, 4.69) is 5.32 Å². The number of likely N-dealkylation sites (tertiary alicyclic amines) is 2. The average molecular weight is 411 g/mol. The molecule has 2 aliphatic rings. The minimum Gasteiger partial charge on any atom is -0.343 e. The summed E-state index contributed by atoms with van der Waals surface area (Å²) in [6, 6.07) is 5.49. The second-order valence-corrected chi connectivity index (χ2v) is 7.78. The van der Waals surface area contributed by atoms with Crippen molar-refractivity contribution in [2.24, 2.45) is 0 Å². The van der Waals surface area contributed by atoms with Gasteiger partial charge >= 0.3 is 6.18 Å². The summed E-state index contributed by atoms with van der Waals surface area (Å²) in [5, 5.41) is 3.19. The number of hydrogen-bond acceptors (Lipinski definition) is 3. The topological polar surface area (TPSA) is 52.7 Å². The number of carbonyl (C=O) groups is 2. The first kappa shape index (κ1) is 21.6. The van der Waals surface area contributed by atoms with Crippen molar-refractivity contribution in [2.45, 2.75) is 57.3 Å². The first-order valence-corrected chi connectivity index (χ1v) is 10.3. The first-order chi connectivity index (χ1) is 13.8. The van der Waals surface area contributed by atoms with Crippen LogP contribution in [-0.4, -0.2) is 53.8 Å². The van der Waals surface area contributed by atoms with Crippen molar-refractivity contribution in [3.63, 3.8) is 0 Å². The largest absolute Gasteiger partial charge is 0.416 e. The molecule has 2 amide bonds. The number of halogens is 3. The van der Waals surface area contributed by atoms with Gasteiger partial charge in [0.2, 0.25) is 11.8 Å². The molecule has 3 rings (SSSR count). The van der Waals surface area contributed by atoms with Gasteiger partial charge in [-0.05, 0) is 43.9 Å². The predicted molar refractivity (Wildman–Crippen MR) is 103 cm³/mol. The highest BCUT2D eigenvalue weighted by molar-refractivity contribution is 5.79. The molecule has 0 radical (unpaired) electrons. The van der Waals surface area contributed by atoms with Crippen LogP contribution in [0.15, 0.2) is 24.3 Å². The van der Waals surface area contributed by atoms with Crippen molar-refractivity contribution in [2.75, 3.05) is 26.2 Å². The molecule has 1 N–H and O–H groups in total. The number of benzene rings is 1. The third-order valence-electron chi connectivity index (χ3n) is 5.69. The highest BCUT2D eigenvalue weighted by Crippen LogP contribution is 2.29. The van der Waals surface area contributed by atoms with Crippen molar-refractivity contribution in [1.29, 1.82) is 0 Å². The van der Waals surface area contributed by atoms with Crippen LogP contribution in [0.4, 0.5) is 13.2 Å². The van der Waals surface area contributed by atoms with Crippen LogP contribution in [0, 0.1) is 0 Å². The van der Waals surface area contributed by atoms with Crippen molar-refractivity contribution >= 4 is 11.8 Å². The molecule has 29 heavy (non-hydrogen) atoms. The Morgan fingerprint density at radius 2 is 1.93 bits per heavy atom. The van der Waals surface area contributed by atoms with Gasteiger partial charge < -0.3 is 15.1 Å². The van der Waals surface area contributed by atoms with Crippen LogP contribution >= 0.6 is 0 Å². The summed E-state index contributed by atoms with van der Waals surface area (Å²) in [7, 11) is 0. The van der Waals surface area contributed by atoms with Crippen molar-refractivity contribution < 1.29 is 22.8 Å². The predicted octanol–water partition coefficient (Wildman–Crippen LogP) is 3.19. The van der Waals surface area contributed by atoms with E-state index in [9.17, 15) is 22.8 Å². The maximum atomic E-state index is 12.8. The van der Waals surface area contributed by atoms with Crippen LogP contribution in [0.2, 0.25) is 0 Å². The summed E-state index contributed by atoms with van der Waals surface area (Å²) >= 11 is 0. The summed E-state index contributed by atoms with van der Waals surface area (Å²) in [5.41, 5.74) is -0.0460. The number of carbonyl (C=O) groups excluding carboxylic acids is 2. The van der Waals surface area contributed by atoms with Gasteiger partial charge in [0.25, 0.3) is 0 Å². The van der Waals surface area contributed by atoms with E-state index in [1.54, 1.807) is 6.07 Å².